The zero-order valence-corrected chi connectivity index (χ0v) is 21.4. The number of imide groups is 1. The quantitative estimate of drug-likeness (QED) is 0.341. The first-order valence-electron chi connectivity index (χ1n) is 12.1. The van der Waals surface area contributed by atoms with Gasteiger partial charge in [0.25, 0.3) is 11.1 Å². The van der Waals surface area contributed by atoms with Crippen molar-refractivity contribution in [3.63, 3.8) is 0 Å². The monoisotopic (exact) mass is 520 g/mol. The van der Waals surface area contributed by atoms with E-state index in [0.717, 1.165) is 42.8 Å². The third-order valence-corrected chi connectivity index (χ3v) is 7.97. The molecule has 2 amide bonds. The molecule has 4 heterocycles. The van der Waals surface area contributed by atoms with Crippen molar-refractivity contribution in [2.75, 3.05) is 18.4 Å². The van der Waals surface area contributed by atoms with Gasteiger partial charge in [0.2, 0.25) is 5.95 Å². The summed E-state index contributed by atoms with van der Waals surface area (Å²) in [7, 11) is 0. The van der Waals surface area contributed by atoms with Crippen LogP contribution in [0.25, 0.3) is 17.3 Å². The van der Waals surface area contributed by atoms with Crippen LogP contribution in [0.15, 0.2) is 52.2 Å². The molecule has 8 nitrogen and oxygen atoms in total. The smallest absolute Gasteiger partial charge is 0.290 e. The number of rotatable bonds is 9. The summed E-state index contributed by atoms with van der Waals surface area (Å²) in [6.45, 7) is 2.63. The molecule has 0 bridgehead atoms. The summed E-state index contributed by atoms with van der Waals surface area (Å²) in [6.07, 6.45) is 8.03. The van der Waals surface area contributed by atoms with Gasteiger partial charge in [-0.1, -0.05) is 6.07 Å². The first-order valence-corrected chi connectivity index (χ1v) is 13.9. The topological polar surface area (TPSA) is 109 Å². The summed E-state index contributed by atoms with van der Waals surface area (Å²) in [5.74, 6) is 1.43. The van der Waals surface area contributed by atoms with E-state index >= 15 is 0 Å². The molecule has 1 aliphatic heterocycles. The van der Waals surface area contributed by atoms with E-state index in [1.807, 2.05) is 0 Å². The predicted molar refractivity (Wildman–Crippen MR) is 144 cm³/mol. The molecule has 1 saturated carbocycles. The van der Waals surface area contributed by atoms with Gasteiger partial charge in [-0.25, -0.2) is 9.97 Å². The summed E-state index contributed by atoms with van der Waals surface area (Å²) >= 11 is 2.58. The minimum Gasteiger partial charge on any atom is -0.354 e. The van der Waals surface area contributed by atoms with E-state index in [-0.39, 0.29) is 11.1 Å². The van der Waals surface area contributed by atoms with Crippen LogP contribution in [0.2, 0.25) is 0 Å². The highest BCUT2D eigenvalue weighted by molar-refractivity contribution is 8.18. The van der Waals surface area contributed by atoms with Crippen LogP contribution in [-0.2, 0) is 11.3 Å². The maximum absolute atomic E-state index is 11.7. The zero-order valence-electron chi connectivity index (χ0n) is 19.8. The van der Waals surface area contributed by atoms with Gasteiger partial charge in [0.15, 0.2) is 0 Å². The Morgan fingerprint density at radius 1 is 1.03 bits per heavy atom. The second-order valence-corrected chi connectivity index (χ2v) is 10.9. The Kier molecular flexibility index (Phi) is 8.04. The van der Waals surface area contributed by atoms with Gasteiger partial charge in [0.1, 0.15) is 0 Å². The second-order valence-electron chi connectivity index (χ2n) is 9.08. The molecule has 0 spiro atoms. The molecule has 2 fully saturated rings. The molecule has 5 rings (SSSR count). The SMILES string of the molecule is O=C1NC(=O)/C(=C/c2ccnc(NCC3CCC(CNCc4cccc(-c5ccsc5)n4)CC3)n2)S1. The van der Waals surface area contributed by atoms with Crippen molar-refractivity contribution in [1.29, 1.82) is 0 Å². The van der Waals surface area contributed by atoms with Crippen molar-refractivity contribution in [2.24, 2.45) is 11.8 Å². The standard InChI is InChI=1S/C26H28N6O2S2/c33-24-23(36-26(34)32-24)12-20-8-10-28-25(31-20)29-14-18-6-4-17(5-7-18)13-27-15-21-2-1-3-22(30-21)19-9-11-35-16-19/h1-3,8-12,16-18,27H,4-7,13-15H2,(H,28,29,31)(H,32,33,34)/b23-12-. The maximum atomic E-state index is 11.7. The van der Waals surface area contributed by atoms with Gasteiger partial charge in [-0.15, -0.1) is 0 Å². The van der Waals surface area contributed by atoms with Gasteiger partial charge in [-0.05, 0) is 91.5 Å². The molecule has 3 aromatic heterocycles. The lowest BCUT2D eigenvalue weighted by Crippen LogP contribution is -2.28. The molecule has 0 aromatic carbocycles. The molecule has 0 radical (unpaired) electrons. The van der Waals surface area contributed by atoms with Gasteiger partial charge >= 0.3 is 0 Å². The molecule has 1 saturated heterocycles. The van der Waals surface area contributed by atoms with Crippen LogP contribution < -0.4 is 16.0 Å². The summed E-state index contributed by atoms with van der Waals surface area (Å²) in [6, 6.07) is 10.1. The van der Waals surface area contributed by atoms with Crippen molar-refractivity contribution >= 4 is 46.3 Å². The third kappa shape index (κ3) is 6.57. The molecule has 10 heteroatoms. The van der Waals surface area contributed by atoms with Gasteiger partial charge in [-0.3, -0.25) is 19.9 Å². The van der Waals surface area contributed by atoms with Crippen molar-refractivity contribution in [3.8, 4) is 11.3 Å². The lowest BCUT2D eigenvalue weighted by atomic mass is 9.82. The van der Waals surface area contributed by atoms with Crippen molar-refractivity contribution in [1.82, 2.24) is 25.6 Å². The van der Waals surface area contributed by atoms with Crippen molar-refractivity contribution < 1.29 is 9.59 Å². The second kappa shape index (κ2) is 11.8. The molecule has 3 N–H and O–H groups in total. The molecule has 1 aliphatic carbocycles. The first kappa shape index (κ1) is 24.6. The fraction of sp³-hybridized carbons (Fsp3) is 0.346. The number of carbonyl (C=O) groups excluding carboxylic acids is 2. The van der Waals surface area contributed by atoms with Crippen LogP contribution in [0.5, 0.6) is 0 Å². The van der Waals surface area contributed by atoms with E-state index in [4.69, 9.17) is 4.98 Å². The molecule has 3 aromatic rings. The summed E-state index contributed by atoms with van der Waals surface area (Å²) in [5.41, 5.74) is 3.89. The minimum absolute atomic E-state index is 0.350. The number of carbonyl (C=O) groups is 2. The number of anilines is 1. The van der Waals surface area contributed by atoms with Gasteiger partial charge in [0.05, 0.1) is 22.0 Å². The molecule has 36 heavy (non-hydrogen) atoms. The molecule has 2 aliphatic rings. The van der Waals surface area contributed by atoms with E-state index in [9.17, 15) is 9.59 Å². The number of amides is 2. The van der Waals surface area contributed by atoms with E-state index in [1.165, 1.54) is 31.2 Å². The van der Waals surface area contributed by atoms with Gasteiger partial charge < -0.3 is 10.6 Å². The van der Waals surface area contributed by atoms with Crippen LogP contribution >= 0.6 is 23.1 Å². The Hall–Kier alpha value is -3.08. The number of pyridine rings is 1. The van der Waals surface area contributed by atoms with Crippen molar-refractivity contribution in [3.05, 3.63) is 63.6 Å². The number of aromatic nitrogens is 3. The average Bonchev–Trinajstić information content (AvgIpc) is 3.54. The van der Waals surface area contributed by atoms with Gasteiger partial charge in [-0.2, -0.15) is 11.3 Å². The maximum Gasteiger partial charge on any atom is 0.290 e. The highest BCUT2D eigenvalue weighted by Gasteiger charge is 2.25. The molecule has 0 unspecified atom stereocenters. The average molecular weight is 521 g/mol. The zero-order chi connectivity index (χ0) is 24.7. The number of hydrogen-bond acceptors (Lipinski definition) is 9. The predicted octanol–water partition coefficient (Wildman–Crippen LogP) is 4.93. The highest BCUT2D eigenvalue weighted by atomic mass is 32.2. The Morgan fingerprint density at radius 2 is 1.86 bits per heavy atom. The van der Waals surface area contributed by atoms with E-state index in [2.05, 4.69) is 60.9 Å². The minimum atomic E-state index is -0.382. The van der Waals surface area contributed by atoms with E-state index < -0.39 is 0 Å². The largest absolute Gasteiger partial charge is 0.354 e. The first-order chi connectivity index (χ1) is 17.6. The van der Waals surface area contributed by atoms with Crippen LogP contribution in [0.3, 0.4) is 0 Å². The lowest BCUT2D eigenvalue weighted by molar-refractivity contribution is -0.115. The normalized spacial score (nSPS) is 21.1. The van der Waals surface area contributed by atoms with Crippen LogP contribution in [-0.4, -0.2) is 39.2 Å². The molecular weight excluding hydrogens is 492 g/mol. The van der Waals surface area contributed by atoms with Crippen LogP contribution in [0.4, 0.5) is 10.7 Å². The van der Waals surface area contributed by atoms with Crippen LogP contribution in [0, 0.1) is 11.8 Å². The number of hydrogen-bond donors (Lipinski definition) is 3. The van der Waals surface area contributed by atoms with Crippen molar-refractivity contribution in [2.45, 2.75) is 32.2 Å². The highest BCUT2D eigenvalue weighted by Crippen LogP contribution is 2.29. The fourth-order valence-corrected chi connectivity index (χ4v) is 5.84. The number of thiophene rings is 1. The number of thioether (sulfide) groups is 1. The Labute approximate surface area is 218 Å². The molecular formula is C26H28N6O2S2. The molecule has 186 valence electrons. The van der Waals surface area contributed by atoms with Gasteiger partial charge in [0, 0.05) is 30.2 Å². The lowest BCUT2D eigenvalue weighted by Gasteiger charge is -2.28. The van der Waals surface area contributed by atoms with E-state index in [0.29, 0.717) is 28.4 Å². The van der Waals surface area contributed by atoms with Crippen LogP contribution in [0.1, 0.15) is 37.1 Å². The number of nitrogens with zero attached hydrogens (tertiary/aromatic N) is 3. The molecule has 0 atom stereocenters. The fourth-order valence-electron chi connectivity index (χ4n) is 4.52. The summed E-state index contributed by atoms with van der Waals surface area (Å²) in [4.78, 5) is 37.0. The summed E-state index contributed by atoms with van der Waals surface area (Å²) < 4.78 is 0. The third-order valence-electron chi connectivity index (χ3n) is 6.48. The Morgan fingerprint density at radius 3 is 2.61 bits per heavy atom. The Bertz CT molecular complexity index is 1240. The number of nitrogens with one attached hydrogen (secondary N) is 3. The Balaban J connectivity index is 1.03. The summed E-state index contributed by atoms with van der Waals surface area (Å²) in [5, 5.41) is 13.1. The van der Waals surface area contributed by atoms with E-state index in [1.54, 1.807) is 29.7 Å².